The lowest BCUT2D eigenvalue weighted by Crippen LogP contribution is -2.33. The molecule has 0 aliphatic carbocycles. The van der Waals surface area contributed by atoms with Crippen LogP contribution < -0.4 is 19.5 Å². The van der Waals surface area contributed by atoms with Gasteiger partial charge in [-0.25, -0.2) is 0 Å². The first kappa shape index (κ1) is 16.5. The molecule has 0 saturated heterocycles. The van der Waals surface area contributed by atoms with Crippen molar-refractivity contribution in [2.24, 2.45) is 5.92 Å². The van der Waals surface area contributed by atoms with E-state index in [1.54, 1.807) is 18.2 Å². The Labute approximate surface area is 131 Å². The van der Waals surface area contributed by atoms with E-state index < -0.39 is 0 Å². The standard InChI is InChI=1S/C17H25NO4/c1-3-5-6-13(4-2)10-18-17(19)11-20-14-7-8-15-16(9-14)22-12-21-15/h7-9,13H,3-6,10-12H2,1-2H3,(H,18,19). The zero-order valence-electron chi connectivity index (χ0n) is 13.4. The van der Waals surface area contributed by atoms with Crippen molar-refractivity contribution in [1.82, 2.24) is 5.32 Å². The maximum atomic E-state index is 11.9. The number of nitrogens with one attached hydrogen (secondary N) is 1. The highest BCUT2D eigenvalue weighted by Gasteiger charge is 2.14. The number of carbonyl (C=O) groups is 1. The molecule has 1 heterocycles. The SMILES string of the molecule is CCCCC(CC)CNC(=O)COc1ccc2c(c1)OCO2. The molecule has 22 heavy (non-hydrogen) atoms. The molecule has 122 valence electrons. The van der Waals surface area contributed by atoms with Gasteiger partial charge in [0.25, 0.3) is 5.91 Å². The van der Waals surface area contributed by atoms with Crippen LogP contribution in [0.1, 0.15) is 39.5 Å². The van der Waals surface area contributed by atoms with Crippen molar-refractivity contribution in [3.8, 4) is 17.2 Å². The summed E-state index contributed by atoms with van der Waals surface area (Å²) in [4.78, 5) is 11.9. The summed E-state index contributed by atoms with van der Waals surface area (Å²) in [6, 6.07) is 5.30. The first-order valence-electron chi connectivity index (χ1n) is 8.02. The molecule has 2 rings (SSSR count). The normalized spacial score (nSPS) is 13.7. The number of hydrogen-bond acceptors (Lipinski definition) is 4. The van der Waals surface area contributed by atoms with E-state index in [0.717, 1.165) is 19.4 Å². The minimum Gasteiger partial charge on any atom is -0.484 e. The molecular weight excluding hydrogens is 282 g/mol. The van der Waals surface area contributed by atoms with Crippen molar-refractivity contribution in [1.29, 1.82) is 0 Å². The Morgan fingerprint density at radius 2 is 2.14 bits per heavy atom. The average Bonchev–Trinajstić information content (AvgIpc) is 3.00. The minimum atomic E-state index is -0.0902. The van der Waals surface area contributed by atoms with Crippen LogP contribution >= 0.6 is 0 Å². The molecule has 1 atom stereocenters. The van der Waals surface area contributed by atoms with E-state index in [1.165, 1.54) is 12.8 Å². The summed E-state index contributed by atoms with van der Waals surface area (Å²) in [6.45, 7) is 5.32. The van der Waals surface area contributed by atoms with Crippen molar-refractivity contribution < 1.29 is 19.0 Å². The van der Waals surface area contributed by atoms with Crippen LogP contribution in [0.2, 0.25) is 0 Å². The van der Waals surface area contributed by atoms with E-state index in [0.29, 0.717) is 23.2 Å². The molecule has 1 aromatic carbocycles. The summed E-state index contributed by atoms with van der Waals surface area (Å²) in [5.74, 6) is 2.43. The van der Waals surface area contributed by atoms with E-state index in [9.17, 15) is 4.79 Å². The number of carbonyl (C=O) groups excluding carboxylic acids is 1. The second-order valence-corrected chi connectivity index (χ2v) is 5.52. The zero-order chi connectivity index (χ0) is 15.8. The van der Waals surface area contributed by atoms with E-state index in [4.69, 9.17) is 14.2 Å². The van der Waals surface area contributed by atoms with Gasteiger partial charge in [-0.3, -0.25) is 4.79 Å². The molecular formula is C17H25NO4. The number of amides is 1. The Bertz CT molecular complexity index is 490. The van der Waals surface area contributed by atoms with E-state index in [1.807, 2.05) is 0 Å². The van der Waals surface area contributed by atoms with E-state index >= 15 is 0 Å². The molecule has 5 nitrogen and oxygen atoms in total. The summed E-state index contributed by atoms with van der Waals surface area (Å²) in [7, 11) is 0. The minimum absolute atomic E-state index is 0.0177. The number of fused-ring (bicyclic) bond motifs is 1. The first-order valence-corrected chi connectivity index (χ1v) is 8.02. The average molecular weight is 307 g/mol. The summed E-state index contributed by atoms with van der Waals surface area (Å²) in [5.41, 5.74) is 0. The van der Waals surface area contributed by atoms with Crippen molar-refractivity contribution in [3.05, 3.63) is 18.2 Å². The number of hydrogen-bond donors (Lipinski definition) is 1. The van der Waals surface area contributed by atoms with Crippen molar-refractivity contribution in [2.75, 3.05) is 19.9 Å². The smallest absolute Gasteiger partial charge is 0.257 e. The zero-order valence-corrected chi connectivity index (χ0v) is 13.4. The van der Waals surface area contributed by atoms with Crippen molar-refractivity contribution in [2.45, 2.75) is 39.5 Å². The number of rotatable bonds is 9. The fourth-order valence-corrected chi connectivity index (χ4v) is 2.37. The quantitative estimate of drug-likeness (QED) is 0.761. The van der Waals surface area contributed by atoms with E-state index in [-0.39, 0.29) is 19.3 Å². The Morgan fingerprint density at radius 3 is 2.91 bits per heavy atom. The lowest BCUT2D eigenvalue weighted by molar-refractivity contribution is -0.123. The lowest BCUT2D eigenvalue weighted by Gasteiger charge is -2.15. The molecule has 1 aliphatic rings. The van der Waals surface area contributed by atoms with E-state index in [2.05, 4.69) is 19.2 Å². The van der Waals surface area contributed by atoms with Gasteiger partial charge >= 0.3 is 0 Å². The molecule has 0 bridgehead atoms. The van der Waals surface area contributed by atoms with Gasteiger partial charge in [-0.2, -0.15) is 0 Å². The highest BCUT2D eigenvalue weighted by Crippen LogP contribution is 2.34. The fraction of sp³-hybridized carbons (Fsp3) is 0.588. The third kappa shape index (κ3) is 4.83. The molecule has 0 spiro atoms. The summed E-state index contributed by atoms with van der Waals surface area (Å²) >= 11 is 0. The van der Waals surface area contributed by atoms with Crippen molar-refractivity contribution >= 4 is 5.91 Å². The Balaban J connectivity index is 1.71. The fourth-order valence-electron chi connectivity index (χ4n) is 2.37. The molecule has 1 unspecified atom stereocenters. The second-order valence-electron chi connectivity index (χ2n) is 5.52. The van der Waals surface area contributed by atoms with Gasteiger partial charge in [-0.1, -0.05) is 33.1 Å². The Morgan fingerprint density at radius 1 is 1.32 bits per heavy atom. The van der Waals surface area contributed by atoms with Gasteiger partial charge in [0.2, 0.25) is 6.79 Å². The van der Waals surface area contributed by atoms with Crippen LogP contribution in [0.5, 0.6) is 17.2 Å². The monoisotopic (exact) mass is 307 g/mol. The van der Waals surface area contributed by atoms with Crippen molar-refractivity contribution in [3.63, 3.8) is 0 Å². The lowest BCUT2D eigenvalue weighted by atomic mass is 9.99. The van der Waals surface area contributed by atoms with Crippen LogP contribution in [-0.4, -0.2) is 25.9 Å². The number of ether oxygens (including phenoxy) is 3. The largest absolute Gasteiger partial charge is 0.484 e. The van der Waals surface area contributed by atoms with Crippen LogP contribution in [0, 0.1) is 5.92 Å². The highest BCUT2D eigenvalue weighted by atomic mass is 16.7. The highest BCUT2D eigenvalue weighted by molar-refractivity contribution is 5.77. The van der Waals surface area contributed by atoms with Crippen LogP contribution in [0.4, 0.5) is 0 Å². The summed E-state index contributed by atoms with van der Waals surface area (Å²) < 4.78 is 16.0. The van der Waals surface area contributed by atoms with Gasteiger partial charge in [0.1, 0.15) is 5.75 Å². The predicted molar refractivity (Wildman–Crippen MR) is 84.4 cm³/mol. The first-order chi connectivity index (χ1) is 10.7. The van der Waals surface area contributed by atoms with Gasteiger partial charge in [-0.05, 0) is 24.5 Å². The van der Waals surface area contributed by atoms with Gasteiger partial charge in [-0.15, -0.1) is 0 Å². The van der Waals surface area contributed by atoms with Gasteiger partial charge in [0, 0.05) is 12.6 Å². The molecule has 0 fully saturated rings. The summed E-state index contributed by atoms with van der Waals surface area (Å²) in [6.07, 6.45) is 4.65. The number of benzene rings is 1. The van der Waals surface area contributed by atoms with Gasteiger partial charge < -0.3 is 19.5 Å². The third-order valence-corrected chi connectivity index (χ3v) is 3.85. The third-order valence-electron chi connectivity index (χ3n) is 3.85. The maximum Gasteiger partial charge on any atom is 0.257 e. The Kier molecular flexibility index (Phi) is 6.37. The Hall–Kier alpha value is -1.91. The number of unbranched alkanes of at least 4 members (excludes halogenated alkanes) is 1. The molecule has 1 aliphatic heterocycles. The molecule has 0 radical (unpaired) electrons. The molecule has 5 heteroatoms. The van der Waals surface area contributed by atoms with Crippen LogP contribution in [0.3, 0.4) is 0 Å². The topological polar surface area (TPSA) is 56.8 Å². The second kappa shape index (κ2) is 8.51. The summed E-state index contributed by atoms with van der Waals surface area (Å²) in [5, 5.41) is 2.95. The van der Waals surface area contributed by atoms with Gasteiger partial charge in [0.05, 0.1) is 0 Å². The van der Waals surface area contributed by atoms with Crippen LogP contribution in [0.15, 0.2) is 18.2 Å². The van der Waals surface area contributed by atoms with Crippen LogP contribution in [-0.2, 0) is 4.79 Å². The maximum absolute atomic E-state index is 11.9. The van der Waals surface area contributed by atoms with Crippen LogP contribution in [0.25, 0.3) is 0 Å². The molecule has 1 N–H and O–H groups in total. The molecule has 1 amide bonds. The molecule has 0 saturated carbocycles. The van der Waals surface area contributed by atoms with Gasteiger partial charge in [0.15, 0.2) is 18.1 Å². The molecule has 1 aromatic rings. The predicted octanol–water partition coefficient (Wildman–Crippen LogP) is 3.13. The molecule has 0 aromatic heterocycles.